The van der Waals surface area contributed by atoms with Crippen molar-refractivity contribution in [2.24, 2.45) is 5.90 Å². The van der Waals surface area contributed by atoms with Crippen LogP contribution in [0.25, 0.3) is 0 Å². The van der Waals surface area contributed by atoms with Gasteiger partial charge in [-0.05, 0) is 37.0 Å². The lowest BCUT2D eigenvalue weighted by molar-refractivity contribution is 0.141. The minimum absolute atomic E-state index is 0.570. The molecule has 3 heteroatoms. The van der Waals surface area contributed by atoms with E-state index in [9.17, 15) is 0 Å². The molecule has 1 aromatic rings. The Morgan fingerprint density at radius 1 is 1.31 bits per heavy atom. The molecule has 13 heavy (non-hydrogen) atoms. The third-order valence-electron chi connectivity index (χ3n) is 2.00. The molecule has 0 aliphatic heterocycles. The molecule has 0 bridgehead atoms. The van der Waals surface area contributed by atoms with Crippen molar-refractivity contribution in [3.05, 3.63) is 33.3 Å². The Morgan fingerprint density at radius 3 is 2.31 bits per heavy atom. The third-order valence-corrected chi connectivity index (χ3v) is 3.26. The Hall–Kier alpha value is -0.380. The second-order valence-corrected chi connectivity index (χ2v) is 3.96. The number of hydrogen-bond donors (Lipinski definition) is 1. The summed E-state index contributed by atoms with van der Waals surface area (Å²) in [6.45, 7) is 4.74. The summed E-state index contributed by atoms with van der Waals surface area (Å²) in [4.78, 5) is 4.54. The summed E-state index contributed by atoms with van der Waals surface area (Å²) in [5, 5.41) is 0. The van der Waals surface area contributed by atoms with Crippen LogP contribution in [-0.2, 0) is 11.3 Å². The smallest absolute Gasteiger partial charge is 0.0719 e. The molecule has 0 saturated carbocycles. The lowest BCUT2D eigenvalue weighted by atomic mass is 10.1. The molecule has 0 atom stereocenters. The van der Waals surface area contributed by atoms with Crippen molar-refractivity contribution < 1.29 is 4.84 Å². The summed E-state index contributed by atoms with van der Waals surface area (Å²) in [5.74, 6) is 4.97. The minimum Gasteiger partial charge on any atom is -0.304 e. The molecular weight excluding hydrogens is 230 g/mol. The fraction of sp³-hybridized carbons (Fsp3) is 0.400. The van der Waals surface area contributed by atoms with Crippen LogP contribution in [0.15, 0.2) is 16.6 Å². The zero-order valence-electron chi connectivity index (χ0n) is 7.93. The van der Waals surface area contributed by atoms with E-state index < -0.39 is 0 Å². The molecule has 0 unspecified atom stereocenters. The molecule has 1 rings (SSSR count). The van der Waals surface area contributed by atoms with Gasteiger partial charge in [0.2, 0.25) is 0 Å². The van der Waals surface area contributed by atoms with E-state index in [-0.39, 0.29) is 0 Å². The second-order valence-electron chi connectivity index (χ2n) is 3.16. The summed E-state index contributed by atoms with van der Waals surface area (Å²) in [6.07, 6.45) is 0.867. The monoisotopic (exact) mass is 243 g/mol. The van der Waals surface area contributed by atoms with E-state index >= 15 is 0 Å². The van der Waals surface area contributed by atoms with Crippen molar-refractivity contribution in [2.75, 3.05) is 6.61 Å². The van der Waals surface area contributed by atoms with Crippen LogP contribution < -0.4 is 5.90 Å². The molecule has 0 aromatic heterocycles. The van der Waals surface area contributed by atoms with Crippen molar-refractivity contribution in [2.45, 2.75) is 20.3 Å². The first-order valence-corrected chi connectivity index (χ1v) is 5.01. The zero-order valence-corrected chi connectivity index (χ0v) is 9.52. The van der Waals surface area contributed by atoms with Gasteiger partial charge in [-0.3, -0.25) is 0 Å². The molecule has 1 aromatic carbocycles. The summed E-state index contributed by atoms with van der Waals surface area (Å²) in [6, 6.07) is 4.30. The van der Waals surface area contributed by atoms with Gasteiger partial charge in [-0.2, -0.15) is 0 Å². The summed E-state index contributed by atoms with van der Waals surface area (Å²) in [7, 11) is 0. The number of halogens is 1. The highest BCUT2D eigenvalue weighted by atomic mass is 79.9. The quantitative estimate of drug-likeness (QED) is 0.829. The number of benzene rings is 1. The predicted octanol–water partition coefficient (Wildman–Crippen LogP) is 2.50. The first-order valence-electron chi connectivity index (χ1n) is 4.22. The molecule has 72 valence electrons. The van der Waals surface area contributed by atoms with Gasteiger partial charge in [-0.15, -0.1) is 0 Å². The molecule has 2 N–H and O–H groups in total. The van der Waals surface area contributed by atoms with Crippen molar-refractivity contribution >= 4 is 15.9 Å². The zero-order chi connectivity index (χ0) is 9.84. The molecule has 0 aliphatic carbocycles. The normalized spacial score (nSPS) is 10.5. The van der Waals surface area contributed by atoms with Gasteiger partial charge in [0.25, 0.3) is 0 Å². The number of hydrogen-bond acceptors (Lipinski definition) is 2. The van der Waals surface area contributed by atoms with Crippen molar-refractivity contribution in [3.63, 3.8) is 0 Å². The number of nitrogens with two attached hydrogens (primary N) is 1. The fourth-order valence-corrected chi connectivity index (χ4v) is 1.59. The van der Waals surface area contributed by atoms with Gasteiger partial charge in [0.05, 0.1) is 6.61 Å². The Bertz CT molecular complexity index is 276. The van der Waals surface area contributed by atoms with E-state index in [1.807, 2.05) is 0 Å². The summed E-state index contributed by atoms with van der Waals surface area (Å²) in [5.41, 5.74) is 3.78. The van der Waals surface area contributed by atoms with Crippen molar-refractivity contribution in [1.82, 2.24) is 0 Å². The van der Waals surface area contributed by atoms with Crippen molar-refractivity contribution in [1.29, 1.82) is 0 Å². The summed E-state index contributed by atoms with van der Waals surface area (Å²) >= 11 is 3.53. The Labute approximate surface area is 87.2 Å². The maximum atomic E-state index is 4.97. The third kappa shape index (κ3) is 2.79. The van der Waals surface area contributed by atoms with Gasteiger partial charge in [0, 0.05) is 4.47 Å². The lowest BCUT2D eigenvalue weighted by Crippen LogP contribution is -2.04. The highest BCUT2D eigenvalue weighted by Crippen LogP contribution is 2.22. The molecule has 0 saturated heterocycles. The molecular formula is C10H14BrNO. The van der Waals surface area contributed by atoms with Gasteiger partial charge in [0.15, 0.2) is 0 Å². The van der Waals surface area contributed by atoms with Gasteiger partial charge in [0.1, 0.15) is 0 Å². The predicted molar refractivity (Wildman–Crippen MR) is 57.5 cm³/mol. The minimum atomic E-state index is 0.570. The Kier molecular flexibility index (Phi) is 3.90. The van der Waals surface area contributed by atoms with E-state index in [1.54, 1.807) is 0 Å². The SMILES string of the molecule is Cc1cc(CCON)cc(C)c1Br. The van der Waals surface area contributed by atoms with Crippen LogP contribution in [0.4, 0.5) is 0 Å². The molecule has 0 spiro atoms. The lowest BCUT2D eigenvalue weighted by Gasteiger charge is -2.07. The molecule has 0 amide bonds. The second kappa shape index (κ2) is 4.74. The first-order chi connectivity index (χ1) is 6.15. The van der Waals surface area contributed by atoms with Gasteiger partial charge in [-0.25, -0.2) is 5.90 Å². The van der Waals surface area contributed by atoms with Crippen LogP contribution >= 0.6 is 15.9 Å². The maximum Gasteiger partial charge on any atom is 0.0719 e. The molecule has 2 nitrogen and oxygen atoms in total. The van der Waals surface area contributed by atoms with E-state index in [0.29, 0.717) is 6.61 Å². The standard InChI is InChI=1S/C10H14BrNO/c1-7-5-9(3-4-13-12)6-8(2)10(7)11/h5-6H,3-4,12H2,1-2H3. The molecule has 0 radical (unpaired) electrons. The van der Waals surface area contributed by atoms with E-state index in [1.165, 1.54) is 21.2 Å². The molecule has 0 fully saturated rings. The van der Waals surface area contributed by atoms with Gasteiger partial charge in [-0.1, -0.05) is 28.1 Å². The highest BCUT2D eigenvalue weighted by molar-refractivity contribution is 9.10. The average Bonchev–Trinajstić information content (AvgIpc) is 2.10. The van der Waals surface area contributed by atoms with E-state index in [0.717, 1.165) is 6.42 Å². The Balaban J connectivity index is 2.86. The van der Waals surface area contributed by atoms with Crippen LogP contribution in [0.2, 0.25) is 0 Å². The Morgan fingerprint density at radius 2 is 1.85 bits per heavy atom. The van der Waals surface area contributed by atoms with E-state index in [4.69, 9.17) is 5.90 Å². The van der Waals surface area contributed by atoms with Crippen LogP contribution in [0.1, 0.15) is 16.7 Å². The number of aryl methyl sites for hydroxylation is 2. The fourth-order valence-electron chi connectivity index (χ4n) is 1.36. The number of rotatable bonds is 3. The van der Waals surface area contributed by atoms with E-state index in [2.05, 4.69) is 46.7 Å². The first kappa shape index (κ1) is 10.7. The van der Waals surface area contributed by atoms with Crippen LogP contribution in [-0.4, -0.2) is 6.61 Å². The van der Waals surface area contributed by atoms with Crippen LogP contribution in [0.3, 0.4) is 0 Å². The van der Waals surface area contributed by atoms with Gasteiger partial charge >= 0.3 is 0 Å². The maximum absolute atomic E-state index is 4.97. The molecule has 0 heterocycles. The average molecular weight is 244 g/mol. The topological polar surface area (TPSA) is 35.2 Å². The van der Waals surface area contributed by atoms with Gasteiger partial charge < -0.3 is 4.84 Å². The highest BCUT2D eigenvalue weighted by Gasteiger charge is 2.01. The largest absolute Gasteiger partial charge is 0.304 e. The van der Waals surface area contributed by atoms with Crippen LogP contribution in [0, 0.1) is 13.8 Å². The summed E-state index contributed by atoms with van der Waals surface area (Å²) < 4.78 is 1.19. The van der Waals surface area contributed by atoms with Crippen LogP contribution in [0.5, 0.6) is 0 Å². The van der Waals surface area contributed by atoms with Crippen molar-refractivity contribution in [3.8, 4) is 0 Å². The molecule has 0 aliphatic rings.